The van der Waals surface area contributed by atoms with Gasteiger partial charge in [-0.05, 0) is 19.1 Å². The lowest BCUT2D eigenvalue weighted by Gasteiger charge is -2.30. The highest BCUT2D eigenvalue weighted by atomic mass is 32.2. The van der Waals surface area contributed by atoms with Crippen molar-refractivity contribution in [2.24, 2.45) is 0 Å². The number of hydrogen-bond donors (Lipinski definition) is 0. The van der Waals surface area contributed by atoms with Crippen LogP contribution in [0.1, 0.15) is 23.4 Å². The van der Waals surface area contributed by atoms with E-state index < -0.39 is 16.1 Å². The predicted molar refractivity (Wildman–Crippen MR) is 83.1 cm³/mol. The fourth-order valence-corrected chi connectivity index (χ4v) is 4.34. The number of sulfonamides is 1. The Kier molecular flexibility index (Phi) is 5.13. The van der Waals surface area contributed by atoms with Crippen LogP contribution in [0.5, 0.6) is 0 Å². The maximum Gasteiger partial charge on any atom is 0.248 e. The van der Waals surface area contributed by atoms with E-state index in [0.29, 0.717) is 24.7 Å². The fraction of sp³-hybridized carbons (Fsp3) is 0.692. The molecule has 0 amide bonds. The zero-order chi connectivity index (χ0) is 18.0. The molecule has 0 N–H and O–H groups in total. The molecule has 1 atom stereocenters. The van der Waals surface area contributed by atoms with Crippen LogP contribution in [0, 0.1) is 13.8 Å². The van der Waals surface area contributed by atoms with Crippen molar-refractivity contribution < 1.29 is 22.4 Å². The first-order valence-electron chi connectivity index (χ1n) is 7.74. The molecule has 12 heteroatoms. The molecule has 25 heavy (non-hydrogen) atoms. The van der Waals surface area contributed by atoms with Crippen LogP contribution in [0.4, 0.5) is 0 Å². The molecule has 0 aromatic carbocycles. The lowest BCUT2D eigenvalue weighted by Crippen LogP contribution is -2.42. The molecule has 1 unspecified atom stereocenters. The number of aromatic nitrogens is 5. The first-order valence-corrected chi connectivity index (χ1v) is 9.18. The summed E-state index contributed by atoms with van der Waals surface area (Å²) in [5.41, 5.74) is 0.337. The fourth-order valence-electron chi connectivity index (χ4n) is 2.62. The molecule has 138 valence electrons. The Labute approximate surface area is 144 Å². The Morgan fingerprint density at radius 3 is 2.84 bits per heavy atom. The Morgan fingerprint density at radius 2 is 2.16 bits per heavy atom. The zero-order valence-corrected chi connectivity index (χ0v) is 15.1. The van der Waals surface area contributed by atoms with Gasteiger partial charge in [-0.2, -0.15) is 9.10 Å². The van der Waals surface area contributed by atoms with Gasteiger partial charge in [0, 0.05) is 20.2 Å². The summed E-state index contributed by atoms with van der Waals surface area (Å²) in [6, 6.07) is 0. The molecule has 11 nitrogen and oxygen atoms in total. The second-order valence-electron chi connectivity index (χ2n) is 5.61. The highest BCUT2D eigenvalue weighted by Gasteiger charge is 2.36. The van der Waals surface area contributed by atoms with E-state index in [4.69, 9.17) is 14.0 Å². The second-order valence-corrected chi connectivity index (χ2v) is 7.49. The van der Waals surface area contributed by atoms with E-state index in [-0.39, 0.29) is 30.4 Å². The Morgan fingerprint density at radius 1 is 1.36 bits per heavy atom. The van der Waals surface area contributed by atoms with Gasteiger partial charge in [-0.3, -0.25) is 0 Å². The third kappa shape index (κ3) is 3.56. The molecular weight excluding hydrogens is 352 g/mol. The van der Waals surface area contributed by atoms with Crippen LogP contribution in [-0.4, -0.2) is 71.5 Å². The third-order valence-electron chi connectivity index (χ3n) is 3.85. The van der Waals surface area contributed by atoms with Crippen LogP contribution < -0.4 is 0 Å². The minimum Gasteiger partial charge on any atom is -0.383 e. The number of methoxy groups -OCH3 is 1. The smallest absolute Gasteiger partial charge is 0.248 e. The number of hydrogen-bond acceptors (Lipinski definition) is 9. The van der Waals surface area contributed by atoms with Crippen molar-refractivity contribution in [2.45, 2.75) is 31.4 Å². The van der Waals surface area contributed by atoms with Gasteiger partial charge in [0.2, 0.25) is 15.8 Å². The summed E-state index contributed by atoms with van der Waals surface area (Å²) < 4.78 is 42.7. The number of aryl methyl sites for hydroxylation is 2. The summed E-state index contributed by atoms with van der Waals surface area (Å²) in [5.74, 6) is 0.610. The molecule has 1 fully saturated rings. The van der Waals surface area contributed by atoms with E-state index >= 15 is 0 Å². The molecule has 2 aromatic rings. The molecule has 1 saturated heterocycles. The standard InChI is InChI=1S/C13H20N6O5S/c1-9-12(10(2)24-16-9)25(20,21)18-4-7-23-11(8-18)13-14-17-19(15-13)5-6-22-3/h11H,4-8H2,1-3H3. The van der Waals surface area contributed by atoms with Crippen LogP contribution in [0.2, 0.25) is 0 Å². The SMILES string of the molecule is COCCn1nnc(C2CN(S(=O)(=O)c3c(C)noc3C)CCO2)n1. The summed E-state index contributed by atoms with van der Waals surface area (Å²) in [5, 5.41) is 15.8. The maximum atomic E-state index is 12.9. The average Bonchev–Trinajstić information content (AvgIpc) is 3.20. The number of ether oxygens (including phenoxy) is 2. The van der Waals surface area contributed by atoms with E-state index in [1.807, 2.05) is 0 Å². The normalized spacial score (nSPS) is 19.4. The van der Waals surface area contributed by atoms with Gasteiger partial charge in [-0.1, -0.05) is 5.16 Å². The van der Waals surface area contributed by atoms with Crippen LogP contribution in [-0.2, 0) is 26.0 Å². The number of rotatable bonds is 6. The van der Waals surface area contributed by atoms with Crippen molar-refractivity contribution in [3.63, 3.8) is 0 Å². The van der Waals surface area contributed by atoms with Gasteiger partial charge in [0.1, 0.15) is 16.7 Å². The van der Waals surface area contributed by atoms with Crippen molar-refractivity contribution in [3.8, 4) is 0 Å². The lowest BCUT2D eigenvalue weighted by molar-refractivity contribution is -0.00777. The van der Waals surface area contributed by atoms with E-state index in [1.165, 1.54) is 9.10 Å². The van der Waals surface area contributed by atoms with Crippen molar-refractivity contribution in [3.05, 3.63) is 17.3 Å². The molecule has 1 aliphatic heterocycles. The molecule has 3 heterocycles. The average molecular weight is 372 g/mol. The van der Waals surface area contributed by atoms with Crippen molar-refractivity contribution in [1.29, 1.82) is 0 Å². The highest BCUT2D eigenvalue weighted by Crippen LogP contribution is 2.27. The molecule has 0 spiro atoms. The van der Waals surface area contributed by atoms with Gasteiger partial charge in [0.15, 0.2) is 5.76 Å². The molecule has 1 aliphatic rings. The van der Waals surface area contributed by atoms with Crippen LogP contribution in [0.3, 0.4) is 0 Å². The molecule has 0 radical (unpaired) electrons. The quantitative estimate of drug-likeness (QED) is 0.671. The highest BCUT2D eigenvalue weighted by molar-refractivity contribution is 7.89. The van der Waals surface area contributed by atoms with Gasteiger partial charge in [-0.15, -0.1) is 10.2 Å². The Balaban J connectivity index is 1.78. The van der Waals surface area contributed by atoms with Crippen molar-refractivity contribution in [2.75, 3.05) is 33.4 Å². The molecule has 0 aliphatic carbocycles. The topological polar surface area (TPSA) is 125 Å². The van der Waals surface area contributed by atoms with E-state index in [2.05, 4.69) is 20.6 Å². The summed E-state index contributed by atoms with van der Waals surface area (Å²) in [6.07, 6.45) is -0.583. The molecule has 0 bridgehead atoms. The summed E-state index contributed by atoms with van der Waals surface area (Å²) in [4.78, 5) is 1.49. The van der Waals surface area contributed by atoms with Crippen LogP contribution in [0.25, 0.3) is 0 Å². The molecule has 2 aromatic heterocycles. The Bertz CT molecular complexity index is 812. The summed E-state index contributed by atoms with van der Waals surface area (Å²) >= 11 is 0. The minimum atomic E-state index is -3.73. The van der Waals surface area contributed by atoms with Gasteiger partial charge < -0.3 is 14.0 Å². The maximum absolute atomic E-state index is 12.9. The monoisotopic (exact) mass is 372 g/mol. The molecule has 3 rings (SSSR count). The third-order valence-corrected chi connectivity index (χ3v) is 5.96. The van der Waals surface area contributed by atoms with Gasteiger partial charge in [0.25, 0.3) is 0 Å². The Hall–Kier alpha value is -1.89. The van der Waals surface area contributed by atoms with E-state index in [9.17, 15) is 8.42 Å². The zero-order valence-electron chi connectivity index (χ0n) is 14.2. The first kappa shape index (κ1) is 17.9. The van der Waals surface area contributed by atoms with Gasteiger partial charge in [0.05, 0.1) is 19.8 Å². The summed E-state index contributed by atoms with van der Waals surface area (Å²) in [6.45, 7) is 4.66. The van der Waals surface area contributed by atoms with Crippen molar-refractivity contribution in [1.82, 2.24) is 29.7 Å². The lowest BCUT2D eigenvalue weighted by atomic mass is 10.3. The number of nitrogens with zero attached hydrogens (tertiary/aromatic N) is 6. The number of tetrazole rings is 1. The van der Waals surface area contributed by atoms with Crippen LogP contribution in [0.15, 0.2) is 9.42 Å². The minimum absolute atomic E-state index is 0.0996. The van der Waals surface area contributed by atoms with Gasteiger partial charge in [-0.25, -0.2) is 8.42 Å². The van der Waals surface area contributed by atoms with E-state index in [0.717, 1.165) is 0 Å². The van der Waals surface area contributed by atoms with Gasteiger partial charge >= 0.3 is 0 Å². The largest absolute Gasteiger partial charge is 0.383 e. The number of morpholine rings is 1. The van der Waals surface area contributed by atoms with Crippen LogP contribution >= 0.6 is 0 Å². The summed E-state index contributed by atoms with van der Waals surface area (Å²) in [7, 11) is -2.15. The molecular formula is C13H20N6O5S. The van der Waals surface area contributed by atoms with E-state index in [1.54, 1.807) is 21.0 Å². The second kappa shape index (κ2) is 7.15. The molecule has 0 saturated carbocycles. The van der Waals surface area contributed by atoms with Crippen molar-refractivity contribution >= 4 is 10.0 Å². The first-order chi connectivity index (χ1) is 11.9. The predicted octanol–water partition coefficient (Wildman–Crippen LogP) is -0.313.